The number of hydrogen-bond donors (Lipinski definition) is 1. The predicted octanol–water partition coefficient (Wildman–Crippen LogP) is 3.53. The molecule has 0 aromatic heterocycles. The smallest absolute Gasteiger partial charge is 0.414 e. The van der Waals surface area contributed by atoms with Gasteiger partial charge < -0.3 is 14.8 Å². The molecule has 0 aliphatic carbocycles. The lowest BCUT2D eigenvalue weighted by Gasteiger charge is -2.19. The van der Waals surface area contributed by atoms with Crippen LogP contribution in [-0.2, 0) is 4.74 Å². The van der Waals surface area contributed by atoms with Crippen molar-refractivity contribution in [3.8, 4) is 5.75 Å². The molecule has 1 fully saturated rings. The Labute approximate surface area is 140 Å². The highest BCUT2D eigenvalue weighted by molar-refractivity contribution is 5.89. The van der Waals surface area contributed by atoms with Gasteiger partial charge in [-0.15, -0.1) is 0 Å². The van der Waals surface area contributed by atoms with E-state index in [9.17, 15) is 4.79 Å². The minimum atomic E-state index is -0.279. The maximum atomic E-state index is 11.6. The maximum Gasteiger partial charge on any atom is 0.414 e. The van der Waals surface area contributed by atoms with Gasteiger partial charge in [-0.1, -0.05) is 18.2 Å². The van der Waals surface area contributed by atoms with Crippen LogP contribution in [0.5, 0.6) is 5.75 Å². The average Bonchev–Trinajstić information content (AvgIpc) is 3.06. The van der Waals surface area contributed by atoms with Gasteiger partial charge in [0, 0.05) is 23.5 Å². The molecule has 0 bridgehead atoms. The Balaban J connectivity index is 1.40. The first-order valence-corrected chi connectivity index (χ1v) is 7.99. The first kappa shape index (κ1) is 14.6. The van der Waals surface area contributed by atoms with E-state index in [-0.39, 0.29) is 6.09 Å². The quantitative estimate of drug-likeness (QED) is 0.935. The summed E-state index contributed by atoms with van der Waals surface area (Å²) in [5.74, 6) is 0.933. The Hall–Kier alpha value is -2.95. The number of benzene rings is 2. The number of cyclic esters (lactones) is 1. The summed E-state index contributed by atoms with van der Waals surface area (Å²) in [4.78, 5) is 13.2. The van der Waals surface area contributed by atoms with Gasteiger partial charge in [0.2, 0.25) is 0 Å². The van der Waals surface area contributed by atoms with Crippen molar-refractivity contribution in [3.63, 3.8) is 0 Å². The second kappa shape index (κ2) is 6.28. The highest BCUT2D eigenvalue weighted by Crippen LogP contribution is 2.26. The molecule has 0 saturated carbocycles. The molecule has 2 heterocycles. The number of nitrogens with zero attached hydrogens (tertiary/aromatic N) is 1. The van der Waals surface area contributed by atoms with Crippen molar-refractivity contribution in [3.05, 3.63) is 59.7 Å². The van der Waals surface area contributed by atoms with Crippen molar-refractivity contribution < 1.29 is 14.3 Å². The normalized spacial score (nSPS) is 16.1. The summed E-state index contributed by atoms with van der Waals surface area (Å²) >= 11 is 0. The molecule has 0 unspecified atom stereocenters. The van der Waals surface area contributed by atoms with Crippen LogP contribution < -0.4 is 15.0 Å². The number of nitrogens with one attached hydrogen (secondary N) is 1. The van der Waals surface area contributed by atoms with Gasteiger partial charge in [0.1, 0.15) is 19.0 Å². The molecule has 5 nitrogen and oxygen atoms in total. The molecular formula is C19H18N2O3. The summed E-state index contributed by atoms with van der Waals surface area (Å²) < 4.78 is 10.7. The molecule has 0 spiro atoms. The lowest BCUT2D eigenvalue weighted by molar-refractivity contribution is 0.181. The van der Waals surface area contributed by atoms with Crippen molar-refractivity contribution in [2.75, 3.05) is 36.5 Å². The van der Waals surface area contributed by atoms with E-state index >= 15 is 0 Å². The van der Waals surface area contributed by atoms with Crippen LogP contribution in [0.3, 0.4) is 0 Å². The lowest BCUT2D eigenvalue weighted by atomic mass is 10.1. The van der Waals surface area contributed by atoms with E-state index in [0.717, 1.165) is 29.2 Å². The molecule has 2 aliphatic rings. The van der Waals surface area contributed by atoms with Crippen LogP contribution in [0.1, 0.15) is 5.56 Å². The van der Waals surface area contributed by atoms with Gasteiger partial charge in [-0.3, -0.25) is 4.90 Å². The molecule has 122 valence electrons. The van der Waals surface area contributed by atoms with Gasteiger partial charge >= 0.3 is 6.09 Å². The summed E-state index contributed by atoms with van der Waals surface area (Å²) in [7, 11) is 0. The molecular weight excluding hydrogens is 304 g/mol. The Kier molecular flexibility index (Phi) is 3.83. The van der Waals surface area contributed by atoms with Crippen LogP contribution in [0, 0.1) is 0 Å². The molecule has 2 aromatic rings. The van der Waals surface area contributed by atoms with Crippen LogP contribution in [-0.4, -0.2) is 32.4 Å². The van der Waals surface area contributed by atoms with Gasteiger partial charge in [0.05, 0.1) is 6.54 Å². The van der Waals surface area contributed by atoms with E-state index in [2.05, 4.69) is 17.5 Å². The topological polar surface area (TPSA) is 50.8 Å². The zero-order valence-electron chi connectivity index (χ0n) is 13.2. The zero-order chi connectivity index (χ0) is 16.4. The molecule has 2 aromatic carbocycles. The molecule has 2 aliphatic heterocycles. The Morgan fingerprint density at radius 1 is 1.04 bits per heavy atom. The Morgan fingerprint density at radius 3 is 2.67 bits per heavy atom. The number of amides is 1. The molecule has 0 radical (unpaired) electrons. The van der Waals surface area contributed by atoms with E-state index in [0.29, 0.717) is 19.8 Å². The number of hydrogen-bond acceptors (Lipinski definition) is 4. The van der Waals surface area contributed by atoms with Gasteiger partial charge in [0.15, 0.2) is 0 Å². The Bertz CT molecular complexity index is 783. The first-order valence-electron chi connectivity index (χ1n) is 7.99. The van der Waals surface area contributed by atoms with Crippen molar-refractivity contribution in [1.82, 2.24) is 0 Å². The summed E-state index contributed by atoms with van der Waals surface area (Å²) in [6.45, 7) is 2.38. The zero-order valence-corrected chi connectivity index (χ0v) is 13.2. The SMILES string of the molecule is O=C1OCCN1c1ccc(NCC2=Cc3ccccc3OC2)cc1. The fourth-order valence-electron chi connectivity index (χ4n) is 2.87. The van der Waals surface area contributed by atoms with E-state index in [4.69, 9.17) is 9.47 Å². The summed E-state index contributed by atoms with van der Waals surface area (Å²) in [5, 5.41) is 3.39. The van der Waals surface area contributed by atoms with Crippen LogP contribution in [0.2, 0.25) is 0 Å². The summed E-state index contributed by atoms with van der Waals surface area (Å²) in [6, 6.07) is 15.8. The van der Waals surface area contributed by atoms with Crippen LogP contribution >= 0.6 is 0 Å². The maximum absolute atomic E-state index is 11.6. The third-order valence-corrected chi connectivity index (χ3v) is 4.15. The van der Waals surface area contributed by atoms with Crippen molar-refractivity contribution >= 4 is 23.5 Å². The van der Waals surface area contributed by atoms with Crippen LogP contribution in [0.25, 0.3) is 6.08 Å². The van der Waals surface area contributed by atoms with Gasteiger partial charge in [-0.2, -0.15) is 0 Å². The molecule has 24 heavy (non-hydrogen) atoms. The highest BCUT2D eigenvalue weighted by Gasteiger charge is 2.23. The average molecular weight is 322 g/mol. The standard InChI is InChI=1S/C19H18N2O3/c22-19-21(9-10-23-19)17-7-5-16(6-8-17)20-12-14-11-15-3-1-2-4-18(15)24-13-14/h1-8,11,20H,9-10,12-13H2. The highest BCUT2D eigenvalue weighted by atomic mass is 16.6. The van der Waals surface area contributed by atoms with Crippen molar-refractivity contribution in [2.24, 2.45) is 0 Å². The number of para-hydroxylation sites is 1. The van der Waals surface area contributed by atoms with Gasteiger partial charge in [-0.05, 0) is 42.0 Å². The fraction of sp³-hybridized carbons (Fsp3) is 0.211. The number of anilines is 2. The fourth-order valence-corrected chi connectivity index (χ4v) is 2.87. The van der Waals surface area contributed by atoms with Crippen molar-refractivity contribution in [2.45, 2.75) is 0 Å². The molecule has 0 atom stereocenters. The number of rotatable bonds is 4. The lowest BCUT2D eigenvalue weighted by Crippen LogP contribution is -2.23. The third-order valence-electron chi connectivity index (χ3n) is 4.15. The number of ether oxygens (including phenoxy) is 2. The first-order chi connectivity index (χ1) is 11.8. The second-order valence-electron chi connectivity index (χ2n) is 5.80. The van der Waals surface area contributed by atoms with E-state index in [1.807, 2.05) is 42.5 Å². The van der Waals surface area contributed by atoms with Gasteiger partial charge in [0.25, 0.3) is 0 Å². The van der Waals surface area contributed by atoms with Crippen molar-refractivity contribution in [1.29, 1.82) is 0 Å². The number of fused-ring (bicyclic) bond motifs is 1. The molecule has 1 N–H and O–H groups in total. The van der Waals surface area contributed by atoms with E-state index in [1.54, 1.807) is 4.90 Å². The van der Waals surface area contributed by atoms with Gasteiger partial charge in [-0.25, -0.2) is 4.79 Å². The largest absolute Gasteiger partial charge is 0.489 e. The minimum absolute atomic E-state index is 0.279. The van der Waals surface area contributed by atoms with Crippen LogP contribution in [0.4, 0.5) is 16.2 Å². The summed E-state index contributed by atoms with van der Waals surface area (Å²) in [6.07, 6.45) is 1.89. The molecule has 5 heteroatoms. The number of carbonyl (C=O) groups excluding carboxylic acids is 1. The molecule has 1 saturated heterocycles. The monoisotopic (exact) mass is 322 g/mol. The van der Waals surface area contributed by atoms with Crippen LogP contribution in [0.15, 0.2) is 54.1 Å². The van der Waals surface area contributed by atoms with E-state index in [1.165, 1.54) is 5.57 Å². The van der Waals surface area contributed by atoms with E-state index < -0.39 is 0 Å². The second-order valence-corrected chi connectivity index (χ2v) is 5.80. The summed E-state index contributed by atoms with van der Waals surface area (Å²) in [5.41, 5.74) is 4.17. The molecule has 4 rings (SSSR count). The molecule has 1 amide bonds. The Morgan fingerprint density at radius 2 is 1.88 bits per heavy atom. The number of carbonyl (C=O) groups is 1. The predicted molar refractivity (Wildman–Crippen MR) is 93.5 cm³/mol. The minimum Gasteiger partial charge on any atom is -0.489 e. The third kappa shape index (κ3) is 2.93.